The molecular formula is C18H27N3O2. The lowest BCUT2D eigenvalue weighted by Crippen LogP contribution is -2.30. The van der Waals surface area contributed by atoms with Crippen molar-refractivity contribution in [1.29, 1.82) is 0 Å². The van der Waals surface area contributed by atoms with Crippen molar-refractivity contribution >= 4 is 6.09 Å². The summed E-state index contributed by atoms with van der Waals surface area (Å²) in [5.41, 5.74) is 3.18. The molecule has 0 fully saturated rings. The maximum absolute atomic E-state index is 11.6. The molecule has 23 heavy (non-hydrogen) atoms. The quantitative estimate of drug-likeness (QED) is 0.853. The number of methoxy groups -OCH3 is 1. The number of amides is 1. The Hall–Kier alpha value is -2.30. The van der Waals surface area contributed by atoms with Gasteiger partial charge in [0.1, 0.15) is 5.82 Å². The number of rotatable bonds is 3. The number of ether oxygens (including phenoxy) is 1. The topological polar surface area (TPSA) is 47.4 Å². The van der Waals surface area contributed by atoms with Crippen LogP contribution in [0.4, 0.5) is 4.79 Å². The van der Waals surface area contributed by atoms with Gasteiger partial charge in [0.15, 0.2) is 0 Å². The van der Waals surface area contributed by atoms with Crippen LogP contribution in [-0.2, 0) is 11.8 Å². The van der Waals surface area contributed by atoms with Gasteiger partial charge in [-0.25, -0.2) is 9.78 Å². The maximum Gasteiger partial charge on any atom is 0.409 e. The van der Waals surface area contributed by atoms with E-state index in [4.69, 9.17) is 4.74 Å². The fraction of sp³-hybridized carbons (Fsp3) is 0.444. The van der Waals surface area contributed by atoms with Gasteiger partial charge in [0.2, 0.25) is 0 Å². The third-order valence-corrected chi connectivity index (χ3v) is 3.68. The number of benzene rings is 1. The summed E-state index contributed by atoms with van der Waals surface area (Å²) in [5.74, 6) is 0.818. The van der Waals surface area contributed by atoms with Crippen LogP contribution in [0.3, 0.4) is 0 Å². The molecule has 1 atom stereocenters. The zero-order chi connectivity index (χ0) is 17.6. The Kier molecular flexibility index (Phi) is 6.82. The number of aromatic nitrogens is 2. The molecule has 2 aromatic rings. The van der Waals surface area contributed by atoms with E-state index in [2.05, 4.69) is 36.2 Å². The van der Waals surface area contributed by atoms with Crippen LogP contribution in [0.5, 0.6) is 0 Å². The highest BCUT2D eigenvalue weighted by Gasteiger charge is 2.22. The SMILES string of the molecule is CC.COC(=O)N(C)C(C)c1nc(-c2ccc(C)cc2)cn1C. The molecule has 0 radical (unpaired) electrons. The van der Waals surface area contributed by atoms with Gasteiger partial charge < -0.3 is 14.2 Å². The highest BCUT2D eigenvalue weighted by atomic mass is 16.5. The van der Waals surface area contributed by atoms with Crippen molar-refractivity contribution in [2.45, 2.75) is 33.7 Å². The number of carbonyl (C=O) groups excluding carboxylic acids is 1. The molecule has 1 heterocycles. The van der Waals surface area contributed by atoms with E-state index in [1.807, 2.05) is 38.6 Å². The van der Waals surface area contributed by atoms with E-state index < -0.39 is 0 Å². The van der Waals surface area contributed by atoms with Crippen LogP contribution in [0.15, 0.2) is 30.5 Å². The van der Waals surface area contributed by atoms with Crippen molar-refractivity contribution in [3.8, 4) is 11.3 Å². The van der Waals surface area contributed by atoms with E-state index >= 15 is 0 Å². The molecule has 1 aromatic carbocycles. The summed E-state index contributed by atoms with van der Waals surface area (Å²) in [7, 11) is 5.01. The molecule has 0 bridgehead atoms. The molecule has 0 aliphatic heterocycles. The average Bonchev–Trinajstić information content (AvgIpc) is 2.97. The van der Waals surface area contributed by atoms with Crippen LogP contribution >= 0.6 is 0 Å². The summed E-state index contributed by atoms with van der Waals surface area (Å²) >= 11 is 0. The first-order chi connectivity index (χ1) is 10.9. The van der Waals surface area contributed by atoms with Crippen molar-refractivity contribution in [2.75, 3.05) is 14.2 Å². The smallest absolute Gasteiger partial charge is 0.409 e. The molecule has 1 unspecified atom stereocenters. The summed E-state index contributed by atoms with van der Waals surface area (Å²) in [6.45, 7) is 7.99. The van der Waals surface area contributed by atoms with Gasteiger partial charge in [-0.2, -0.15) is 0 Å². The van der Waals surface area contributed by atoms with Crippen molar-refractivity contribution in [3.63, 3.8) is 0 Å². The number of aryl methyl sites for hydroxylation is 2. The second-order valence-electron chi connectivity index (χ2n) is 5.22. The molecule has 126 valence electrons. The molecule has 0 aliphatic carbocycles. The zero-order valence-electron chi connectivity index (χ0n) is 15.1. The van der Waals surface area contributed by atoms with Crippen molar-refractivity contribution in [1.82, 2.24) is 14.5 Å². The van der Waals surface area contributed by atoms with Crippen molar-refractivity contribution in [2.24, 2.45) is 7.05 Å². The lowest BCUT2D eigenvalue weighted by molar-refractivity contribution is 0.118. The van der Waals surface area contributed by atoms with Crippen LogP contribution in [0.2, 0.25) is 0 Å². The van der Waals surface area contributed by atoms with Gasteiger partial charge in [0.05, 0.1) is 18.8 Å². The van der Waals surface area contributed by atoms with E-state index in [1.165, 1.54) is 17.6 Å². The highest BCUT2D eigenvalue weighted by molar-refractivity contribution is 5.67. The molecule has 0 aliphatic rings. The second kappa shape index (κ2) is 8.36. The van der Waals surface area contributed by atoms with E-state index in [0.29, 0.717) is 0 Å². The molecule has 5 nitrogen and oxygen atoms in total. The predicted octanol–water partition coefficient (Wildman–Crippen LogP) is 4.18. The van der Waals surface area contributed by atoms with Gasteiger partial charge in [-0.15, -0.1) is 0 Å². The Morgan fingerprint density at radius 1 is 1.26 bits per heavy atom. The summed E-state index contributed by atoms with van der Waals surface area (Å²) in [4.78, 5) is 17.8. The summed E-state index contributed by atoms with van der Waals surface area (Å²) in [5, 5.41) is 0. The molecule has 1 amide bonds. The third-order valence-electron chi connectivity index (χ3n) is 3.68. The van der Waals surface area contributed by atoms with Gasteiger partial charge in [-0.1, -0.05) is 43.7 Å². The first-order valence-corrected chi connectivity index (χ1v) is 7.85. The van der Waals surface area contributed by atoms with Crippen LogP contribution < -0.4 is 0 Å². The number of nitrogens with zero attached hydrogens (tertiary/aromatic N) is 3. The van der Waals surface area contributed by atoms with Gasteiger partial charge >= 0.3 is 6.09 Å². The monoisotopic (exact) mass is 317 g/mol. The minimum absolute atomic E-state index is 0.165. The first-order valence-electron chi connectivity index (χ1n) is 7.85. The van der Waals surface area contributed by atoms with E-state index in [1.54, 1.807) is 7.05 Å². The maximum atomic E-state index is 11.6. The molecular weight excluding hydrogens is 290 g/mol. The Balaban J connectivity index is 0.00000127. The first kappa shape index (κ1) is 18.7. The third kappa shape index (κ3) is 4.34. The van der Waals surface area contributed by atoms with Gasteiger partial charge in [-0.3, -0.25) is 0 Å². The fourth-order valence-electron chi connectivity index (χ4n) is 2.21. The molecule has 0 saturated carbocycles. The Morgan fingerprint density at radius 2 is 1.83 bits per heavy atom. The largest absolute Gasteiger partial charge is 0.453 e. The normalized spacial score (nSPS) is 11.3. The van der Waals surface area contributed by atoms with Gasteiger partial charge in [0, 0.05) is 25.9 Å². The van der Waals surface area contributed by atoms with Gasteiger partial charge in [-0.05, 0) is 13.8 Å². The van der Waals surface area contributed by atoms with Crippen molar-refractivity contribution < 1.29 is 9.53 Å². The highest BCUT2D eigenvalue weighted by Crippen LogP contribution is 2.24. The summed E-state index contributed by atoms with van der Waals surface area (Å²) in [6, 6.07) is 8.06. The lowest BCUT2D eigenvalue weighted by Gasteiger charge is -2.22. The van der Waals surface area contributed by atoms with Crippen molar-refractivity contribution in [3.05, 3.63) is 41.9 Å². The van der Waals surface area contributed by atoms with E-state index in [9.17, 15) is 4.79 Å². The number of hydrogen-bond acceptors (Lipinski definition) is 3. The summed E-state index contributed by atoms with van der Waals surface area (Å²) in [6.07, 6.45) is 1.60. The molecule has 1 aromatic heterocycles. The minimum atomic E-state index is -0.373. The lowest BCUT2D eigenvalue weighted by atomic mass is 10.1. The number of carbonyl (C=O) groups is 1. The molecule has 0 saturated heterocycles. The number of hydrogen-bond donors (Lipinski definition) is 0. The second-order valence-corrected chi connectivity index (χ2v) is 5.22. The van der Waals surface area contributed by atoms with Crippen LogP contribution in [-0.4, -0.2) is 34.7 Å². The average molecular weight is 317 g/mol. The van der Waals surface area contributed by atoms with E-state index in [-0.39, 0.29) is 12.1 Å². The molecule has 0 spiro atoms. The molecule has 5 heteroatoms. The Labute approximate surface area is 138 Å². The van der Waals surface area contributed by atoms with E-state index in [0.717, 1.165) is 17.1 Å². The van der Waals surface area contributed by atoms with Crippen LogP contribution in [0.1, 0.15) is 38.2 Å². The summed E-state index contributed by atoms with van der Waals surface area (Å²) < 4.78 is 6.69. The van der Waals surface area contributed by atoms with Crippen LogP contribution in [0, 0.1) is 6.92 Å². The number of imidazole rings is 1. The molecule has 0 N–H and O–H groups in total. The Morgan fingerprint density at radius 3 is 2.35 bits per heavy atom. The zero-order valence-corrected chi connectivity index (χ0v) is 15.1. The fourth-order valence-corrected chi connectivity index (χ4v) is 2.21. The van der Waals surface area contributed by atoms with Gasteiger partial charge in [0.25, 0.3) is 0 Å². The minimum Gasteiger partial charge on any atom is -0.453 e. The Bertz CT molecular complexity index is 632. The predicted molar refractivity (Wildman–Crippen MR) is 93.3 cm³/mol. The van der Waals surface area contributed by atoms with Crippen LogP contribution in [0.25, 0.3) is 11.3 Å². The standard InChI is InChI=1S/C16H21N3O2.C2H6/c1-11-6-8-13(9-7-11)14-10-18(3)15(17-14)12(2)19(4)16(20)21-5;1-2/h6-10,12H,1-5H3;1-2H3. The molecule has 2 rings (SSSR count).